The molecule has 0 aliphatic carbocycles. The van der Waals surface area contributed by atoms with E-state index in [0.29, 0.717) is 17.2 Å². The van der Waals surface area contributed by atoms with Gasteiger partial charge in [-0.25, -0.2) is 8.42 Å². The van der Waals surface area contributed by atoms with Crippen LogP contribution in [0.15, 0.2) is 77.7 Å². The van der Waals surface area contributed by atoms with Crippen LogP contribution in [0.25, 0.3) is 0 Å². The van der Waals surface area contributed by atoms with Crippen molar-refractivity contribution in [1.82, 2.24) is 4.31 Å². The lowest BCUT2D eigenvalue weighted by atomic mass is 10.0. The molecule has 172 valence electrons. The lowest BCUT2D eigenvalue weighted by Crippen LogP contribution is -2.41. The van der Waals surface area contributed by atoms with Gasteiger partial charge in [0.25, 0.3) is 0 Å². The van der Waals surface area contributed by atoms with Gasteiger partial charge in [0, 0.05) is 19.6 Å². The fraction of sp³-hybridized carbons (Fsp3) is 0.333. The highest BCUT2D eigenvalue weighted by Crippen LogP contribution is 2.44. The summed E-state index contributed by atoms with van der Waals surface area (Å²) in [5, 5.41) is 0. The zero-order valence-electron chi connectivity index (χ0n) is 19.1. The molecule has 5 rings (SSSR count). The number of hydrogen-bond donors (Lipinski definition) is 0. The van der Waals surface area contributed by atoms with Gasteiger partial charge in [-0.3, -0.25) is 0 Å². The van der Waals surface area contributed by atoms with Crippen molar-refractivity contribution in [3.8, 4) is 5.75 Å². The summed E-state index contributed by atoms with van der Waals surface area (Å²) >= 11 is 0. The molecule has 0 unspecified atom stereocenters. The Balaban J connectivity index is 1.69. The molecular weight excluding hydrogens is 432 g/mol. The van der Waals surface area contributed by atoms with Crippen molar-refractivity contribution in [3.63, 3.8) is 0 Å². The number of anilines is 1. The second kappa shape index (κ2) is 8.84. The molecule has 33 heavy (non-hydrogen) atoms. The van der Waals surface area contributed by atoms with Crippen molar-refractivity contribution in [1.29, 1.82) is 0 Å². The maximum absolute atomic E-state index is 14.3. The number of hydrogen-bond acceptors (Lipinski definition) is 4. The second-order valence-corrected chi connectivity index (χ2v) is 10.8. The molecule has 0 bridgehead atoms. The van der Waals surface area contributed by atoms with E-state index in [1.165, 1.54) is 0 Å². The van der Waals surface area contributed by atoms with E-state index in [2.05, 4.69) is 4.90 Å². The molecule has 3 aromatic rings. The van der Waals surface area contributed by atoms with Gasteiger partial charge in [0.1, 0.15) is 16.7 Å². The topological polar surface area (TPSA) is 49.9 Å². The summed E-state index contributed by atoms with van der Waals surface area (Å²) in [6, 6.07) is 23.1. The lowest BCUT2D eigenvalue weighted by Gasteiger charge is -2.31. The number of sulfonamides is 1. The summed E-state index contributed by atoms with van der Waals surface area (Å²) in [7, 11) is -3.83. The Morgan fingerprint density at radius 2 is 1.61 bits per heavy atom. The van der Waals surface area contributed by atoms with Crippen LogP contribution in [-0.4, -0.2) is 31.9 Å². The molecule has 2 aliphatic heterocycles. The average molecular weight is 463 g/mol. The summed E-state index contributed by atoms with van der Waals surface area (Å²) in [6.45, 7) is 6.01. The summed E-state index contributed by atoms with van der Waals surface area (Å²) in [5.41, 5.74) is 3.80. The molecule has 2 heterocycles. The van der Waals surface area contributed by atoms with E-state index in [9.17, 15) is 8.42 Å². The zero-order chi connectivity index (χ0) is 23.0. The van der Waals surface area contributed by atoms with Crippen molar-refractivity contribution >= 4 is 15.7 Å². The second-order valence-electron chi connectivity index (χ2n) is 8.97. The minimum atomic E-state index is -3.83. The van der Waals surface area contributed by atoms with Crippen LogP contribution in [0.1, 0.15) is 42.6 Å². The first-order valence-corrected chi connectivity index (χ1v) is 13.1. The van der Waals surface area contributed by atoms with Crippen LogP contribution >= 0.6 is 0 Å². The largest absolute Gasteiger partial charge is 0.483 e. The summed E-state index contributed by atoms with van der Waals surface area (Å²) in [4.78, 5) is 2.48. The van der Waals surface area contributed by atoms with E-state index in [0.717, 1.165) is 48.3 Å². The van der Waals surface area contributed by atoms with Gasteiger partial charge in [-0.2, -0.15) is 4.31 Å². The molecule has 0 N–H and O–H groups in total. The SMILES string of the molecule is Cc1ccccc1CN1[C@@H](C)[C@H](c2ccccc2)Oc2cccc(N3CCCC3)c2S1(=O)=O. The summed E-state index contributed by atoms with van der Waals surface area (Å²) in [5.74, 6) is 0.437. The number of aryl methyl sites for hydroxylation is 1. The van der Waals surface area contributed by atoms with Crippen LogP contribution in [0.4, 0.5) is 5.69 Å². The Hall–Kier alpha value is -2.83. The molecule has 5 nitrogen and oxygen atoms in total. The van der Waals surface area contributed by atoms with E-state index >= 15 is 0 Å². The van der Waals surface area contributed by atoms with Crippen LogP contribution in [0.2, 0.25) is 0 Å². The first-order chi connectivity index (χ1) is 16.0. The maximum Gasteiger partial charge on any atom is 0.249 e. The Kier molecular flexibility index (Phi) is 5.89. The van der Waals surface area contributed by atoms with Gasteiger partial charge in [0.15, 0.2) is 0 Å². The quantitative estimate of drug-likeness (QED) is 0.527. The monoisotopic (exact) mass is 462 g/mol. The average Bonchev–Trinajstić information content (AvgIpc) is 3.34. The van der Waals surface area contributed by atoms with E-state index in [4.69, 9.17) is 4.74 Å². The molecule has 0 saturated carbocycles. The first-order valence-electron chi connectivity index (χ1n) is 11.6. The Morgan fingerprint density at radius 3 is 2.33 bits per heavy atom. The molecule has 0 amide bonds. The summed E-state index contributed by atoms with van der Waals surface area (Å²) < 4.78 is 36.8. The van der Waals surface area contributed by atoms with Crippen LogP contribution in [-0.2, 0) is 16.6 Å². The van der Waals surface area contributed by atoms with Crippen LogP contribution in [0.3, 0.4) is 0 Å². The van der Waals surface area contributed by atoms with Gasteiger partial charge in [-0.05, 0) is 55.5 Å². The number of fused-ring (bicyclic) bond motifs is 1. The fourth-order valence-corrected chi connectivity index (χ4v) is 6.88. The fourth-order valence-electron chi connectivity index (χ4n) is 4.96. The van der Waals surface area contributed by atoms with Crippen LogP contribution in [0, 0.1) is 6.92 Å². The maximum atomic E-state index is 14.3. The van der Waals surface area contributed by atoms with Gasteiger partial charge < -0.3 is 9.64 Å². The third kappa shape index (κ3) is 4.02. The molecule has 1 saturated heterocycles. The molecule has 2 aliphatic rings. The number of nitrogens with zero attached hydrogens (tertiary/aromatic N) is 2. The van der Waals surface area contributed by atoms with Gasteiger partial charge in [-0.1, -0.05) is 60.7 Å². The van der Waals surface area contributed by atoms with E-state index in [1.54, 1.807) is 10.4 Å². The predicted molar refractivity (Wildman–Crippen MR) is 131 cm³/mol. The summed E-state index contributed by atoms with van der Waals surface area (Å²) in [6.07, 6.45) is 1.72. The molecule has 6 heteroatoms. The number of rotatable bonds is 4. The van der Waals surface area contributed by atoms with Crippen molar-refractivity contribution in [2.24, 2.45) is 0 Å². The number of benzene rings is 3. The van der Waals surface area contributed by atoms with Crippen molar-refractivity contribution < 1.29 is 13.2 Å². The van der Waals surface area contributed by atoms with Gasteiger partial charge in [0.05, 0.1) is 11.7 Å². The predicted octanol–water partition coefficient (Wildman–Crippen LogP) is 5.31. The van der Waals surface area contributed by atoms with Gasteiger partial charge >= 0.3 is 0 Å². The third-order valence-corrected chi connectivity index (χ3v) is 8.84. The highest BCUT2D eigenvalue weighted by molar-refractivity contribution is 7.89. The minimum absolute atomic E-state index is 0.297. The Labute approximate surface area is 196 Å². The zero-order valence-corrected chi connectivity index (χ0v) is 20.0. The molecule has 3 aromatic carbocycles. The molecule has 2 atom stereocenters. The van der Waals surface area contributed by atoms with Crippen LogP contribution in [0.5, 0.6) is 5.75 Å². The normalized spacial score (nSPS) is 22.4. The molecule has 1 fully saturated rings. The third-order valence-electron chi connectivity index (χ3n) is 6.83. The standard InChI is InChI=1S/C27H30N2O3S/c1-20-11-6-7-14-23(20)19-29-21(2)26(22-12-4-3-5-13-22)32-25-16-10-15-24(27(25)33(29,30)31)28-17-8-9-18-28/h3-7,10-16,21,26H,8-9,17-19H2,1-2H3/t21-,26+/m0/s1. The lowest BCUT2D eigenvalue weighted by molar-refractivity contribution is 0.124. The van der Waals surface area contributed by atoms with Crippen LogP contribution < -0.4 is 9.64 Å². The van der Waals surface area contributed by atoms with Crippen molar-refractivity contribution in [2.75, 3.05) is 18.0 Å². The van der Waals surface area contributed by atoms with E-state index < -0.39 is 22.2 Å². The molecule has 0 spiro atoms. The van der Waals surface area contributed by atoms with Gasteiger partial charge in [-0.15, -0.1) is 0 Å². The van der Waals surface area contributed by atoms with E-state index in [1.807, 2.05) is 80.6 Å². The minimum Gasteiger partial charge on any atom is -0.483 e. The van der Waals surface area contributed by atoms with Crippen molar-refractivity contribution in [3.05, 3.63) is 89.5 Å². The Morgan fingerprint density at radius 1 is 0.909 bits per heavy atom. The smallest absolute Gasteiger partial charge is 0.249 e. The number of ether oxygens (including phenoxy) is 1. The molecule has 0 aromatic heterocycles. The van der Waals surface area contributed by atoms with E-state index in [-0.39, 0.29) is 0 Å². The highest BCUT2D eigenvalue weighted by atomic mass is 32.2. The first kappa shape index (κ1) is 22.0. The highest BCUT2D eigenvalue weighted by Gasteiger charge is 2.43. The molecule has 0 radical (unpaired) electrons. The molecular formula is C27H30N2O3S. The van der Waals surface area contributed by atoms with Crippen molar-refractivity contribution in [2.45, 2.75) is 50.3 Å². The van der Waals surface area contributed by atoms with Gasteiger partial charge in [0.2, 0.25) is 10.0 Å². The Bertz CT molecular complexity index is 1240.